The highest BCUT2D eigenvalue weighted by molar-refractivity contribution is 5.91. The van der Waals surface area contributed by atoms with Crippen LogP contribution in [0, 0.1) is 19.7 Å². The third-order valence-corrected chi connectivity index (χ3v) is 4.22. The Labute approximate surface area is 157 Å². The summed E-state index contributed by atoms with van der Waals surface area (Å²) in [6, 6.07) is 13.3. The van der Waals surface area contributed by atoms with Crippen molar-refractivity contribution in [2.24, 2.45) is 0 Å². The molecule has 5 nitrogen and oxygen atoms in total. The highest BCUT2D eigenvalue weighted by atomic mass is 19.1. The van der Waals surface area contributed by atoms with Crippen LogP contribution in [0.15, 0.2) is 53.1 Å². The molecule has 0 fully saturated rings. The zero-order valence-corrected chi connectivity index (χ0v) is 15.3. The number of carbonyl (C=O) groups is 1. The molecule has 0 aliphatic heterocycles. The quantitative estimate of drug-likeness (QED) is 0.663. The highest BCUT2D eigenvalue weighted by Crippen LogP contribution is 2.20. The molecular formula is C21H21FN2O3. The van der Waals surface area contributed by atoms with Crippen molar-refractivity contribution in [2.75, 3.05) is 5.32 Å². The smallest absolute Gasteiger partial charge is 0.224 e. The van der Waals surface area contributed by atoms with Gasteiger partial charge < -0.3 is 14.6 Å². The summed E-state index contributed by atoms with van der Waals surface area (Å²) >= 11 is 0. The van der Waals surface area contributed by atoms with E-state index in [2.05, 4.69) is 10.5 Å². The fraction of sp³-hybridized carbons (Fsp3) is 0.238. The summed E-state index contributed by atoms with van der Waals surface area (Å²) in [7, 11) is 0. The molecular weight excluding hydrogens is 347 g/mol. The minimum absolute atomic E-state index is 0.0920. The molecule has 0 saturated heterocycles. The van der Waals surface area contributed by atoms with Gasteiger partial charge in [0.15, 0.2) is 0 Å². The fourth-order valence-electron chi connectivity index (χ4n) is 2.73. The summed E-state index contributed by atoms with van der Waals surface area (Å²) in [5.41, 5.74) is 3.32. The highest BCUT2D eigenvalue weighted by Gasteiger charge is 2.11. The van der Waals surface area contributed by atoms with Crippen LogP contribution >= 0.6 is 0 Å². The van der Waals surface area contributed by atoms with Crippen molar-refractivity contribution in [2.45, 2.75) is 33.3 Å². The first-order chi connectivity index (χ1) is 13.0. The molecule has 0 unspecified atom stereocenters. The van der Waals surface area contributed by atoms with Gasteiger partial charge in [-0.1, -0.05) is 23.4 Å². The lowest BCUT2D eigenvalue weighted by Gasteiger charge is -2.09. The summed E-state index contributed by atoms with van der Waals surface area (Å²) in [6.07, 6.45) is 0.914. The molecule has 0 atom stereocenters. The first-order valence-corrected chi connectivity index (χ1v) is 8.70. The standard InChI is InChI=1S/C21H21FN2O3/c1-14-20(15(2)27-24-14)10-11-21(25)23-18-4-3-5-19(12-18)26-13-16-6-8-17(22)9-7-16/h3-9,12H,10-11,13H2,1-2H3,(H,23,25). The van der Waals surface area contributed by atoms with Gasteiger partial charge >= 0.3 is 0 Å². The molecule has 1 heterocycles. The number of benzene rings is 2. The molecule has 0 bridgehead atoms. The Morgan fingerprint density at radius 1 is 1.19 bits per heavy atom. The van der Waals surface area contributed by atoms with Crippen LogP contribution in [-0.2, 0) is 17.8 Å². The van der Waals surface area contributed by atoms with E-state index in [0.29, 0.717) is 30.9 Å². The van der Waals surface area contributed by atoms with Crippen LogP contribution in [0.25, 0.3) is 0 Å². The Kier molecular flexibility index (Phi) is 5.86. The van der Waals surface area contributed by atoms with Crippen molar-refractivity contribution < 1.29 is 18.4 Å². The summed E-state index contributed by atoms with van der Waals surface area (Å²) in [4.78, 5) is 12.2. The van der Waals surface area contributed by atoms with E-state index in [9.17, 15) is 9.18 Å². The van der Waals surface area contributed by atoms with Gasteiger partial charge in [-0.25, -0.2) is 4.39 Å². The number of nitrogens with one attached hydrogen (secondary N) is 1. The number of rotatable bonds is 7. The minimum atomic E-state index is -0.278. The van der Waals surface area contributed by atoms with Crippen LogP contribution < -0.4 is 10.1 Å². The third kappa shape index (κ3) is 5.17. The number of hydrogen-bond acceptors (Lipinski definition) is 4. The fourth-order valence-corrected chi connectivity index (χ4v) is 2.73. The van der Waals surface area contributed by atoms with Crippen molar-refractivity contribution >= 4 is 11.6 Å². The Morgan fingerprint density at radius 2 is 1.96 bits per heavy atom. The second-order valence-electron chi connectivity index (χ2n) is 6.29. The predicted octanol–water partition coefficient (Wildman–Crippen LogP) is 4.58. The monoisotopic (exact) mass is 368 g/mol. The van der Waals surface area contributed by atoms with Gasteiger partial charge in [0.05, 0.1) is 5.69 Å². The first kappa shape index (κ1) is 18.6. The van der Waals surface area contributed by atoms with Crippen LogP contribution in [-0.4, -0.2) is 11.1 Å². The number of hydrogen-bond donors (Lipinski definition) is 1. The second-order valence-corrected chi connectivity index (χ2v) is 6.29. The van der Waals surface area contributed by atoms with Crippen LogP contribution in [0.4, 0.5) is 10.1 Å². The summed E-state index contributed by atoms with van der Waals surface area (Å²) in [6.45, 7) is 4.03. The Balaban J connectivity index is 1.53. The maximum absolute atomic E-state index is 12.9. The molecule has 1 N–H and O–H groups in total. The molecule has 0 aliphatic carbocycles. The molecule has 2 aromatic carbocycles. The lowest BCUT2D eigenvalue weighted by atomic mass is 10.1. The van der Waals surface area contributed by atoms with E-state index in [0.717, 1.165) is 22.6 Å². The summed E-state index contributed by atoms with van der Waals surface area (Å²) in [5, 5.41) is 6.77. The number of carbonyl (C=O) groups excluding carboxylic acids is 1. The number of aryl methyl sites for hydroxylation is 2. The van der Waals surface area contributed by atoms with Crippen molar-refractivity contribution in [1.82, 2.24) is 5.16 Å². The van der Waals surface area contributed by atoms with Crippen LogP contribution in [0.3, 0.4) is 0 Å². The van der Waals surface area contributed by atoms with Gasteiger partial charge in [0.2, 0.25) is 5.91 Å². The maximum atomic E-state index is 12.9. The number of anilines is 1. The van der Waals surface area contributed by atoms with Gasteiger partial charge in [-0.3, -0.25) is 4.79 Å². The van der Waals surface area contributed by atoms with Crippen LogP contribution in [0.2, 0.25) is 0 Å². The van der Waals surface area contributed by atoms with Crippen molar-refractivity contribution in [3.63, 3.8) is 0 Å². The zero-order valence-electron chi connectivity index (χ0n) is 15.3. The average molecular weight is 368 g/mol. The second kappa shape index (κ2) is 8.49. The summed E-state index contributed by atoms with van der Waals surface area (Å²) in [5.74, 6) is 1.00. The summed E-state index contributed by atoms with van der Waals surface area (Å²) < 4.78 is 23.8. The number of aromatic nitrogens is 1. The average Bonchev–Trinajstić information content (AvgIpc) is 2.98. The van der Waals surface area contributed by atoms with E-state index < -0.39 is 0 Å². The van der Waals surface area contributed by atoms with Crippen molar-refractivity contribution in [3.8, 4) is 5.75 Å². The molecule has 1 amide bonds. The molecule has 0 spiro atoms. The van der Waals surface area contributed by atoms with Gasteiger partial charge in [0.1, 0.15) is 23.9 Å². The van der Waals surface area contributed by atoms with E-state index >= 15 is 0 Å². The predicted molar refractivity (Wildman–Crippen MR) is 100 cm³/mol. The van der Waals surface area contributed by atoms with Gasteiger partial charge in [0, 0.05) is 23.7 Å². The van der Waals surface area contributed by atoms with Gasteiger partial charge in [-0.05, 0) is 50.1 Å². The Morgan fingerprint density at radius 3 is 2.67 bits per heavy atom. The normalized spacial score (nSPS) is 10.6. The number of ether oxygens (including phenoxy) is 1. The molecule has 27 heavy (non-hydrogen) atoms. The van der Waals surface area contributed by atoms with Crippen molar-refractivity contribution in [3.05, 3.63) is 76.9 Å². The molecule has 140 valence electrons. The molecule has 0 radical (unpaired) electrons. The van der Waals surface area contributed by atoms with Gasteiger partial charge in [0.25, 0.3) is 0 Å². The topological polar surface area (TPSA) is 64.4 Å². The Hall–Kier alpha value is -3.15. The lowest BCUT2D eigenvalue weighted by molar-refractivity contribution is -0.116. The number of nitrogens with zero attached hydrogens (tertiary/aromatic N) is 1. The van der Waals surface area contributed by atoms with E-state index in [4.69, 9.17) is 9.26 Å². The van der Waals surface area contributed by atoms with Crippen LogP contribution in [0.5, 0.6) is 5.75 Å². The van der Waals surface area contributed by atoms with Gasteiger partial charge in [-0.2, -0.15) is 0 Å². The molecule has 1 aromatic heterocycles. The Bertz CT molecular complexity index is 900. The third-order valence-electron chi connectivity index (χ3n) is 4.22. The van der Waals surface area contributed by atoms with Crippen molar-refractivity contribution in [1.29, 1.82) is 0 Å². The SMILES string of the molecule is Cc1noc(C)c1CCC(=O)Nc1cccc(OCc2ccc(F)cc2)c1. The van der Waals surface area contributed by atoms with Crippen LogP contribution in [0.1, 0.15) is 29.0 Å². The number of halogens is 1. The molecule has 0 saturated carbocycles. The van der Waals surface area contributed by atoms with Gasteiger partial charge in [-0.15, -0.1) is 0 Å². The minimum Gasteiger partial charge on any atom is -0.489 e. The van der Waals surface area contributed by atoms with E-state index in [1.807, 2.05) is 26.0 Å². The molecule has 6 heteroatoms. The molecule has 0 aliphatic rings. The molecule has 3 aromatic rings. The molecule has 3 rings (SSSR count). The van der Waals surface area contributed by atoms with E-state index in [1.54, 1.807) is 24.3 Å². The van der Waals surface area contributed by atoms with E-state index in [-0.39, 0.29) is 11.7 Å². The zero-order chi connectivity index (χ0) is 19.2. The number of amides is 1. The lowest BCUT2D eigenvalue weighted by Crippen LogP contribution is -2.12. The van der Waals surface area contributed by atoms with E-state index in [1.165, 1.54) is 12.1 Å². The first-order valence-electron chi connectivity index (χ1n) is 8.70. The largest absolute Gasteiger partial charge is 0.489 e. The maximum Gasteiger partial charge on any atom is 0.224 e.